The number of carbonyl (C=O) groups is 2. The summed E-state index contributed by atoms with van der Waals surface area (Å²) in [5.41, 5.74) is 7.14. The largest absolute Gasteiger partial charge is 0.361 e. The molecule has 1 fully saturated rings. The number of aromatic amines is 1. The summed E-state index contributed by atoms with van der Waals surface area (Å²) in [4.78, 5) is 30.4. The predicted octanol–water partition coefficient (Wildman–Crippen LogP) is 3.99. The summed E-state index contributed by atoms with van der Waals surface area (Å²) >= 11 is 0. The van der Waals surface area contributed by atoms with Crippen LogP contribution in [-0.2, 0) is 28.9 Å². The predicted molar refractivity (Wildman–Crippen MR) is 119 cm³/mol. The Morgan fingerprint density at radius 3 is 2.93 bits per heavy atom. The molecule has 0 bridgehead atoms. The molecule has 30 heavy (non-hydrogen) atoms. The summed E-state index contributed by atoms with van der Waals surface area (Å²) < 4.78 is 0. The highest BCUT2D eigenvalue weighted by Crippen LogP contribution is 2.27. The van der Waals surface area contributed by atoms with Gasteiger partial charge >= 0.3 is 0 Å². The highest BCUT2D eigenvalue weighted by atomic mass is 16.2. The van der Waals surface area contributed by atoms with Crippen LogP contribution in [0, 0.1) is 12.8 Å². The van der Waals surface area contributed by atoms with E-state index in [1.165, 1.54) is 34.1 Å². The van der Waals surface area contributed by atoms with Crippen molar-refractivity contribution in [3.05, 3.63) is 64.8 Å². The van der Waals surface area contributed by atoms with E-state index < -0.39 is 0 Å². The summed E-state index contributed by atoms with van der Waals surface area (Å²) in [5, 5.41) is 4.25. The van der Waals surface area contributed by atoms with E-state index in [0.29, 0.717) is 19.5 Å². The maximum absolute atomic E-state index is 12.8. The molecule has 0 spiro atoms. The first-order valence-electron chi connectivity index (χ1n) is 10.8. The summed E-state index contributed by atoms with van der Waals surface area (Å²) in [5.74, 6) is -0.261. The molecule has 2 amide bonds. The Morgan fingerprint density at radius 2 is 2.03 bits per heavy atom. The molecule has 5 heteroatoms. The number of fused-ring (bicyclic) bond motifs is 2. The Bertz CT molecular complexity index is 1130. The highest BCUT2D eigenvalue weighted by molar-refractivity contribution is 5.97. The topological polar surface area (TPSA) is 65.2 Å². The fraction of sp³-hybridized carbons (Fsp3) is 0.360. The molecule has 0 unspecified atom stereocenters. The van der Waals surface area contributed by atoms with Crippen molar-refractivity contribution in [1.82, 2.24) is 9.88 Å². The standard InChI is InChI=1S/C25H27N3O2/c1-16-5-8-23-22(11-16)19(14-26-23)9-10-28-15-20(13-24(28)29)25(30)27-21-7-6-17-3-2-4-18(17)12-21/h5-8,11-12,14,20,26H,2-4,9-10,13,15H2,1H3,(H,27,30)/t20-/m0/s1. The van der Waals surface area contributed by atoms with Gasteiger partial charge in [0.2, 0.25) is 11.8 Å². The second-order valence-corrected chi connectivity index (χ2v) is 8.68. The summed E-state index contributed by atoms with van der Waals surface area (Å²) in [6.07, 6.45) is 6.52. The van der Waals surface area contributed by atoms with E-state index in [4.69, 9.17) is 0 Å². The van der Waals surface area contributed by atoms with E-state index in [9.17, 15) is 9.59 Å². The first-order valence-corrected chi connectivity index (χ1v) is 10.8. The zero-order valence-corrected chi connectivity index (χ0v) is 17.3. The van der Waals surface area contributed by atoms with E-state index >= 15 is 0 Å². The molecule has 2 N–H and O–H groups in total. The fourth-order valence-corrected chi connectivity index (χ4v) is 4.81. The third kappa shape index (κ3) is 3.60. The van der Waals surface area contributed by atoms with Crippen LogP contribution >= 0.6 is 0 Å². The number of carbonyl (C=O) groups excluding carboxylic acids is 2. The average molecular weight is 402 g/mol. The molecule has 2 aromatic carbocycles. The van der Waals surface area contributed by atoms with Crippen LogP contribution in [0.2, 0.25) is 0 Å². The van der Waals surface area contributed by atoms with Gasteiger partial charge in [0.1, 0.15) is 0 Å². The molecule has 3 aromatic rings. The van der Waals surface area contributed by atoms with Crippen molar-refractivity contribution in [2.75, 3.05) is 18.4 Å². The van der Waals surface area contributed by atoms with Gasteiger partial charge in [-0.25, -0.2) is 0 Å². The Morgan fingerprint density at radius 1 is 1.17 bits per heavy atom. The zero-order valence-electron chi connectivity index (χ0n) is 17.3. The number of amides is 2. The maximum Gasteiger partial charge on any atom is 0.229 e. The molecule has 1 aliphatic heterocycles. The molecule has 0 saturated carbocycles. The van der Waals surface area contributed by atoms with Gasteiger partial charge in [0.05, 0.1) is 5.92 Å². The van der Waals surface area contributed by atoms with Crippen molar-refractivity contribution in [1.29, 1.82) is 0 Å². The Kier molecular flexibility index (Phi) is 4.81. The number of hydrogen-bond donors (Lipinski definition) is 2. The van der Waals surface area contributed by atoms with E-state index in [-0.39, 0.29) is 17.7 Å². The van der Waals surface area contributed by atoms with Gasteiger partial charge in [0, 0.05) is 42.3 Å². The van der Waals surface area contributed by atoms with Crippen molar-refractivity contribution >= 4 is 28.4 Å². The molecule has 1 saturated heterocycles. The van der Waals surface area contributed by atoms with Crippen LogP contribution in [0.4, 0.5) is 5.69 Å². The van der Waals surface area contributed by atoms with Gasteiger partial charge in [0.15, 0.2) is 0 Å². The number of aromatic nitrogens is 1. The molecule has 0 radical (unpaired) electrons. The van der Waals surface area contributed by atoms with Crippen molar-refractivity contribution in [3.63, 3.8) is 0 Å². The van der Waals surface area contributed by atoms with Gasteiger partial charge in [-0.05, 0) is 73.6 Å². The first kappa shape index (κ1) is 18.9. The lowest BCUT2D eigenvalue weighted by Crippen LogP contribution is -2.30. The second-order valence-electron chi connectivity index (χ2n) is 8.68. The van der Waals surface area contributed by atoms with Crippen molar-refractivity contribution in [2.24, 2.45) is 5.92 Å². The van der Waals surface area contributed by atoms with E-state index in [0.717, 1.165) is 30.5 Å². The normalized spacial score (nSPS) is 18.2. The van der Waals surface area contributed by atoms with Crippen LogP contribution in [-0.4, -0.2) is 34.8 Å². The van der Waals surface area contributed by atoms with Crippen molar-refractivity contribution in [2.45, 2.75) is 39.0 Å². The zero-order chi connectivity index (χ0) is 20.7. The lowest BCUT2D eigenvalue weighted by molar-refractivity contribution is -0.128. The summed E-state index contributed by atoms with van der Waals surface area (Å²) in [6, 6.07) is 12.6. The van der Waals surface area contributed by atoms with Gasteiger partial charge in [-0.3, -0.25) is 9.59 Å². The lowest BCUT2D eigenvalue weighted by atomic mass is 10.1. The molecule has 1 aliphatic carbocycles. The summed E-state index contributed by atoms with van der Waals surface area (Å²) in [6.45, 7) is 3.23. The Labute approximate surface area is 176 Å². The summed E-state index contributed by atoms with van der Waals surface area (Å²) in [7, 11) is 0. The molecule has 1 aromatic heterocycles. The van der Waals surface area contributed by atoms with E-state index in [1.54, 1.807) is 0 Å². The fourth-order valence-electron chi connectivity index (χ4n) is 4.81. The monoisotopic (exact) mass is 401 g/mol. The number of nitrogens with one attached hydrogen (secondary N) is 2. The van der Waals surface area contributed by atoms with Gasteiger partial charge in [0.25, 0.3) is 0 Å². The minimum atomic E-state index is -0.282. The molecular formula is C25H27N3O2. The number of H-pyrrole nitrogens is 1. The number of hydrogen-bond acceptors (Lipinski definition) is 2. The first-order chi connectivity index (χ1) is 14.6. The number of anilines is 1. The maximum atomic E-state index is 12.8. The van der Waals surface area contributed by atoms with Crippen molar-refractivity contribution < 1.29 is 9.59 Å². The molecule has 1 atom stereocenters. The minimum absolute atomic E-state index is 0.0495. The molecule has 2 heterocycles. The molecular weight excluding hydrogens is 374 g/mol. The third-order valence-electron chi connectivity index (χ3n) is 6.53. The van der Waals surface area contributed by atoms with Crippen LogP contribution in [0.1, 0.15) is 35.1 Å². The Hall–Kier alpha value is -3.08. The Balaban J connectivity index is 1.21. The average Bonchev–Trinajstić information content (AvgIpc) is 3.44. The van der Waals surface area contributed by atoms with Crippen LogP contribution in [0.25, 0.3) is 10.9 Å². The van der Waals surface area contributed by atoms with Gasteiger partial charge in [-0.1, -0.05) is 17.7 Å². The van der Waals surface area contributed by atoms with Gasteiger partial charge in [-0.15, -0.1) is 0 Å². The molecule has 5 nitrogen and oxygen atoms in total. The number of benzene rings is 2. The smallest absolute Gasteiger partial charge is 0.229 e. The molecule has 154 valence electrons. The van der Waals surface area contributed by atoms with E-state index in [1.807, 2.05) is 17.2 Å². The number of nitrogens with zero attached hydrogens (tertiary/aromatic N) is 1. The molecule has 5 rings (SSSR count). The van der Waals surface area contributed by atoms with E-state index in [2.05, 4.69) is 47.6 Å². The highest BCUT2D eigenvalue weighted by Gasteiger charge is 2.34. The molecule has 2 aliphatic rings. The second kappa shape index (κ2) is 7.63. The number of likely N-dealkylation sites (tertiary alicyclic amines) is 1. The van der Waals surface area contributed by atoms with Crippen LogP contribution in [0.15, 0.2) is 42.6 Å². The van der Waals surface area contributed by atoms with Crippen molar-refractivity contribution in [3.8, 4) is 0 Å². The van der Waals surface area contributed by atoms with Crippen LogP contribution in [0.3, 0.4) is 0 Å². The lowest BCUT2D eigenvalue weighted by Gasteiger charge is -2.16. The quantitative estimate of drug-likeness (QED) is 0.679. The number of aryl methyl sites for hydroxylation is 3. The minimum Gasteiger partial charge on any atom is -0.361 e. The van der Waals surface area contributed by atoms with Gasteiger partial charge in [-0.2, -0.15) is 0 Å². The van der Waals surface area contributed by atoms with Crippen LogP contribution in [0.5, 0.6) is 0 Å². The third-order valence-corrected chi connectivity index (χ3v) is 6.53. The van der Waals surface area contributed by atoms with Gasteiger partial charge < -0.3 is 15.2 Å². The number of rotatable bonds is 5. The SMILES string of the molecule is Cc1ccc2[nH]cc(CCN3C[C@@H](C(=O)Nc4ccc5c(c4)CCC5)CC3=O)c2c1. The van der Waals surface area contributed by atoms with Crippen LogP contribution < -0.4 is 5.32 Å².